The second kappa shape index (κ2) is 28.7. The molecule has 1 aliphatic heterocycles. The molecule has 6 N–H and O–H groups in total. The number of carbonyl (C=O) groups is 1. The molecule has 46 heavy (non-hydrogen) atoms. The summed E-state index contributed by atoms with van der Waals surface area (Å²) in [6, 6.07) is -0.734. The fourth-order valence-electron chi connectivity index (χ4n) is 5.68. The third kappa shape index (κ3) is 20.1. The highest BCUT2D eigenvalue weighted by Crippen LogP contribution is 2.22. The zero-order valence-electron chi connectivity index (χ0n) is 29.1. The molecule has 1 rings (SSSR count). The van der Waals surface area contributed by atoms with Gasteiger partial charge in [-0.05, 0) is 64.2 Å². The fourth-order valence-corrected chi connectivity index (χ4v) is 5.68. The first-order valence-electron chi connectivity index (χ1n) is 18.5. The van der Waals surface area contributed by atoms with Crippen LogP contribution in [0.1, 0.15) is 149 Å². The lowest BCUT2D eigenvalue weighted by molar-refractivity contribution is -0.302. The summed E-state index contributed by atoms with van der Waals surface area (Å²) in [5.41, 5.74) is 0. The van der Waals surface area contributed by atoms with E-state index in [1.807, 2.05) is 0 Å². The number of hydrogen-bond acceptors (Lipinski definition) is 8. The Morgan fingerprint density at radius 1 is 0.717 bits per heavy atom. The lowest BCUT2D eigenvalue weighted by Crippen LogP contribution is -2.60. The molecule has 9 heteroatoms. The Morgan fingerprint density at radius 3 is 1.76 bits per heavy atom. The number of allylic oxidation sites excluding steroid dienone is 4. The lowest BCUT2D eigenvalue weighted by atomic mass is 9.99. The molecule has 2 unspecified atom stereocenters. The van der Waals surface area contributed by atoms with Gasteiger partial charge in [-0.15, -0.1) is 0 Å². The predicted octanol–water partition coefficient (Wildman–Crippen LogP) is 5.99. The van der Waals surface area contributed by atoms with Crippen molar-refractivity contribution in [2.45, 2.75) is 192 Å². The molecule has 1 fully saturated rings. The Kier molecular flexibility index (Phi) is 26.6. The normalized spacial score (nSPS) is 23.3. The zero-order valence-corrected chi connectivity index (χ0v) is 29.1. The van der Waals surface area contributed by atoms with Gasteiger partial charge in [-0.1, -0.05) is 102 Å². The SMILES string of the molecule is CCCCCC/C=C/CCCCCCCC(=O)N[C@@H](CO[C@H]1O[C@@H](CO)[C@H](O)C(O)C1O)[C@H](O)CCCC/C=C/CCCCCC. The number of unbranched alkanes of at least 4 members (excludes halogenated alkanes) is 15. The van der Waals surface area contributed by atoms with E-state index < -0.39 is 49.5 Å². The van der Waals surface area contributed by atoms with Crippen LogP contribution in [-0.4, -0.2) is 87.5 Å². The molecule has 0 spiro atoms. The second-order valence-electron chi connectivity index (χ2n) is 13.0. The summed E-state index contributed by atoms with van der Waals surface area (Å²) in [6.07, 6.45) is 23.3. The van der Waals surface area contributed by atoms with E-state index >= 15 is 0 Å². The van der Waals surface area contributed by atoms with Crippen LogP contribution in [0, 0.1) is 0 Å². The summed E-state index contributed by atoms with van der Waals surface area (Å²) >= 11 is 0. The van der Waals surface area contributed by atoms with Gasteiger partial charge in [0.25, 0.3) is 0 Å². The van der Waals surface area contributed by atoms with Crippen LogP contribution in [0.5, 0.6) is 0 Å². The zero-order chi connectivity index (χ0) is 33.8. The van der Waals surface area contributed by atoms with Crippen LogP contribution in [0.4, 0.5) is 0 Å². The highest BCUT2D eigenvalue weighted by molar-refractivity contribution is 5.76. The number of hydrogen-bond donors (Lipinski definition) is 6. The van der Waals surface area contributed by atoms with Gasteiger partial charge < -0.3 is 40.3 Å². The van der Waals surface area contributed by atoms with Crippen molar-refractivity contribution >= 4 is 5.91 Å². The first-order valence-corrected chi connectivity index (χ1v) is 18.5. The van der Waals surface area contributed by atoms with Crippen LogP contribution >= 0.6 is 0 Å². The fraction of sp³-hybridized carbons (Fsp3) is 0.865. The van der Waals surface area contributed by atoms with Crippen LogP contribution in [-0.2, 0) is 14.3 Å². The van der Waals surface area contributed by atoms with Crippen molar-refractivity contribution in [3.63, 3.8) is 0 Å². The standard InChI is InChI=1S/C37H69NO8/c1-3-5-7-9-11-13-15-16-17-19-21-23-25-27-33(41)38-30(29-45-37-36(44)35(43)34(42)32(28-39)46-37)31(40)26-24-22-20-18-14-12-10-8-6-4-2/h13-15,18,30-32,34-37,39-40,42-44H,3-12,16-17,19-29H2,1-2H3,(H,38,41)/b15-13+,18-14+/t30-,31+,32-,34-,35?,36?,37-/m0/s1. The molecule has 1 saturated heterocycles. The topological polar surface area (TPSA) is 149 Å². The monoisotopic (exact) mass is 656 g/mol. The number of ether oxygens (including phenoxy) is 2. The summed E-state index contributed by atoms with van der Waals surface area (Å²) < 4.78 is 11.2. The molecule has 1 heterocycles. The van der Waals surface area contributed by atoms with Crippen molar-refractivity contribution in [1.29, 1.82) is 0 Å². The van der Waals surface area contributed by atoms with Crippen LogP contribution in [0.25, 0.3) is 0 Å². The number of aliphatic hydroxyl groups is 5. The molecular formula is C37H69NO8. The Labute approximate surface area is 279 Å². The molecule has 0 bridgehead atoms. The van der Waals surface area contributed by atoms with Gasteiger partial charge in [0, 0.05) is 6.42 Å². The smallest absolute Gasteiger partial charge is 0.220 e. The molecular weight excluding hydrogens is 586 g/mol. The molecule has 0 aromatic rings. The van der Waals surface area contributed by atoms with Crippen molar-refractivity contribution < 1.29 is 39.8 Å². The van der Waals surface area contributed by atoms with Gasteiger partial charge in [-0.2, -0.15) is 0 Å². The van der Waals surface area contributed by atoms with E-state index in [2.05, 4.69) is 43.5 Å². The van der Waals surface area contributed by atoms with Gasteiger partial charge in [0.05, 0.1) is 25.4 Å². The minimum absolute atomic E-state index is 0.153. The van der Waals surface area contributed by atoms with Crippen LogP contribution in [0.15, 0.2) is 24.3 Å². The van der Waals surface area contributed by atoms with Gasteiger partial charge in [0.1, 0.15) is 24.4 Å². The molecule has 0 saturated carbocycles. The maximum atomic E-state index is 12.8. The second-order valence-corrected chi connectivity index (χ2v) is 13.0. The molecule has 1 amide bonds. The van der Waals surface area contributed by atoms with Crippen molar-refractivity contribution in [1.82, 2.24) is 5.32 Å². The highest BCUT2D eigenvalue weighted by atomic mass is 16.7. The maximum Gasteiger partial charge on any atom is 0.220 e. The van der Waals surface area contributed by atoms with Gasteiger partial charge >= 0.3 is 0 Å². The molecule has 0 radical (unpaired) electrons. The van der Waals surface area contributed by atoms with Gasteiger partial charge in [-0.25, -0.2) is 0 Å². The van der Waals surface area contributed by atoms with E-state index in [0.717, 1.165) is 64.2 Å². The average Bonchev–Trinajstić information content (AvgIpc) is 3.05. The number of carbonyl (C=O) groups excluding carboxylic acids is 1. The van der Waals surface area contributed by atoms with E-state index in [-0.39, 0.29) is 12.5 Å². The molecule has 270 valence electrons. The minimum Gasteiger partial charge on any atom is -0.394 e. The molecule has 0 aromatic carbocycles. The Balaban J connectivity index is 2.47. The van der Waals surface area contributed by atoms with Crippen LogP contribution in [0.2, 0.25) is 0 Å². The molecule has 0 aromatic heterocycles. The van der Waals surface area contributed by atoms with E-state index in [4.69, 9.17) is 9.47 Å². The molecule has 0 aliphatic carbocycles. The lowest BCUT2D eigenvalue weighted by Gasteiger charge is -2.40. The third-order valence-corrected chi connectivity index (χ3v) is 8.78. The maximum absolute atomic E-state index is 12.8. The third-order valence-electron chi connectivity index (χ3n) is 8.78. The quantitative estimate of drug-likeness (QED) is 0.0425. The molecule has 9 nitrogen and oxygen atoms in total. The average molecular weight is 656 g/mol. The molecule has 1 aliphatic rings. The first-order chi connectivity index (χ1) is 22.3. The van der Waals surface area contributed by atoms with Crippen LogP contribution < -0.4 is 5.32 Å². The van der Waals surface area contributed by atoms with Crippen molar-refractivity contribution in [2.24, 2.45) is 0 Å². The minimum atomic E-state index is -1.56. The summed E-state index contributed by atoms with van der Waals surface area (Å²) in [7, 11) is 0. The predicted molar refractivity (Wildman–Crippen MR) is 184 cm³/mol. The van der Waals surface area contributed by atoms with Crippen molar-refractivity contribution in [3.8, 4) is 0 Å². The largest absolute Gasteiger partial charge is 0.394 e. The van der Waals surface area contributed by atoms with Gasteiger partial charge in [0.15, 0.2) is 6.29 Å². The van der Waals surface area contributed by atoms with E-state index in [0.29, 0.717) is 12.8 Å². The highest BCUT2D eigenvalue weighted by Gasteiger charge is 2.44. The summed E-state index contributed by atoms with van der Waals surface area (Å²) in [6.45, 7) is 3.73. The van der Waals surface area contributed by atoms with Crippen molar-refractivity contribution in [3.05, 3.63) is 24.3 Å². The summed E-state index contributed by atoms with van der Waals surface area (Å²) in [5.74, 6) is -0.168. The summed E-state index contributed by atoms with van der Waals surface area (Å²) in [4.78, 5) is 12.8. The number of aliphatic hydroxyl groups excluding tert-OH is 5. The van der Waals surface area contributed by atoms with Gasteiger partial charge in [-0.3, -0.25) is 4.79 Å². The number of amides is 1. The summed E-state index contributed by atoms with van der Waals surface area (Å²) in [5, 5.41) is 53.9. The number of rotatable bonds is 29. The van der Waals surface area contributed by atoms with Crippen molar-refractivity contribution in [2.75, 3.05) is 13.2 Å². The Bertz CT molecular complexity index is 776. The Hall–Kier alpha value is -1.33. The van der Waals surface area contributed by atoms with E-state index in [1.54, 1.807) is 0 Å². The first kappa shape index (κ1) is 42.7. The molecule has 7 atom stereocenters. The van der Waals surface area contributed by atoms with E-state index in [1.165, 1.54) is 57.8 Å². The van der Waals surface area contributed by atoms with E-state index in [9.17, 15) is 30.3 Å². The van der Waals surface area contributed by atoms with Crippen LogP contribution in [0.3, 0.4) is 0 Å². The van der Waals surface area contributed by atoms with Gasteiger partial charge in [0.2, 0.25) is 5.91 Å². The Morgan fingerprint density at radius 2 is 1.22 bits per heavy atom. The number of nitrogens with one attached hydrogen (secondary N) is 1.